The molecule has 0 aliphatic carbocycles. The third-order valence-corrected chi connectivity index (χ3v) is 1.92. The Morgan fingerprint density at radius 3 is 3.07 bits per heavy atom. The Bertz CT molecular complexity index is 491. The van der Waals surface area contributed by atoms with Gasteiger partial charge in [-0.15, -0.1) is 5.10 Å². The van der Waals surface area contributed by atoms with Gasteiger partial charge in [0.1, 0.15) is 0 Å². The summed E-state index contributed by atoms with van der Waals surface area (Å²) in [6, 6.07) is 0. The van der Waals surface area contributed by atoms with Gasteiger partial charge in [0.25, 0.3) is 0 Å². The lowest BCUT2D eigenvalue weighted by Crippen LogP contribution is -1.99. The van der Waals surface area contributed by atoms with Crippen LogP contribution in [0.1, 0.15) is 23.0 Å². The number of carboxylic acid groups (broad SMARTS) is 1. The van der Waals surface area contributed by atoms with Gasteiger partial charge in [0.15, 0.2) is 5.65 Å². The Labute approximate surface area is 79.2 Å². The van der Waals surface area contributed by atoms with E-state index in [-0.39, 0.29) is 11.3 Å². The largest absolute Gasteiger partial charge is 0.476 e. The first-order valence-electron chi connectivity index (χ1n) is 4.15. The first-order valence-corrected chi connectivity index (χ1v) is 4.15. The first-order chi connectivity index (χ1) is 6.72. The van der Waals surface area contributed by atoms with E-state index in [1.807, 2.05) is 6.92 Å². The molecule has 1 N–H and O–H groups in total. The van der Waals surface area contributed by atoms with Gasteiger partial charge in [0.05, 0.1) is 0 Å². The summed E-state index contributed by atoms with van der Waals surface area (Å²) < 4.78 is 1.38. The highest BCUT2D eigenvalue weighted by Gasteiger charge is 2.14. The molecule has 0 aliphatic rings. The standard InChI is InChI=1S/C8H8N4O2/c1-2-5-3-9-7-6(8(13)14)10-11-12(7)4-5/h3-4H,2H2,1H3,(H,13,14). The molecule has 2 rings (SSSR count). The van der Waals surface area contributed by atoms with Crippen molar-refractivity contribution < 1.29 is 9.90 Å². The van der Waals surface area contributed by atoms with Crippen LogP contribution in [0.3, 0.4) is 0 Å². The van der Waals surface area contributed by atoms with E-state index < -0.39 is 5.97 Å². The van der Waals surface area contributed by atoms with Crippen molar-refractivity contribution in [2.24, 2.45) is 0 Å². The van der Waals surface area contributed by atoms with E-state index in [1.165, 1.54) is 4.52 Å². The van der Waals surface area contributed by atoms with Gasteiger partial charge in [-0.25, -0.2) is 14.3 Å². The molecule has 0 unspecified atom stereocenters. The maximum absolute atomic E-state index is 10.7. The number of fused-ring (bicyclic) bond motifs is 1. The highest BCUT2D eigenvalue weighted by atomic mass is 16.4. The van der Waals surface area contributed by atoms with E-state index in [9.17, 15) is 4.79 Å². The number of aromatic carboxylic acids is 1. The summed E-state index contributed by atoms with van der Waals surface area (Å²) in [4.78, 5) is 14.7. The van der Waals surface area contributed by atoms with Crippen LogP contribution in [-0.2, 0) is 6.42 Å². The van der Waals surface area contributed by atoms with Crippen molar-refractivity contribution in [3.8, 4) is 0 Å². The van der Waals surface area contributed by atoms with Crippen molar-refractivity contribution in [1.82, 2.24) is 19.8 Å². The molecule has 0 aliphatic heterocycles. The molecule has 72 valence electrons. The SMILES string of the molecule is CCc1cnc2c(C(=O)O)nnn2c1. The van der Waals surface area contributed by atoms with Crippen LogP contribution in [-0.4, -0.2) is 30.9 Å². The Morgan fingerprint density at radius 1 is 1.64 bits per heavy atom. The molecule has 0 aromatic carbocycles. The number of rotatable bonds is 2. The fraction of sp³-hybridized carbons (Fsp3) is 0.250. The van der Waals surface area contributed by atoms with Gasteiger partial charge in [-0.3, -0.25) is 0 Å². The average Bonchev–Trinajstić information content (AvgIpc) is 2.59. The summed E-state index contributed by atoms with van der Waals surface area (Å²) in [5, 5.41) is 15.9. The quantitative estimate of drug-likeness (QED) is 0.744. The second-order valence-corrected chi connectivity index (χ2v) is 2.83. The van der Waals surface area contributed by atoms with Crippen molar-refractivity contribution in [1.29, 1.82) is 0 Å². The van der Waals surface area contributed by atoms with Crippen molar-refractivity contribution >= 4 is 11.6 Å². The Hall–Kier alpha value is -1.98. The predicted molar refractivity (Wildman–Crippen MR) is 47.1 cm³/mol. The van der Waals surface area contributed by atoms with Crippen LogP contribution >= 0.6 is 0 Å². The second kappa shape index (κ2) is 3.06. The molecule has 0 amide bonds. The number of hydrogen-bond acceptors (Lipinski definition) is 4. The molecule has 0 radical (unpaired) electrons. The van der Waals surface area contributed by atoms with Gasteiger partial charge in [-0.05, 0) is 12.0 Å². The molecule has 0 spiro atoms. The number of aryl methyl sites for hydroxylation is 1. The number of carbonyl (C=O) groups is 1. The lowest BCUT2D eigenvalue weighted by atomic mass is 10.3. The van der Waals surface area contributed by atoms with Crippen LogP contribution in [0.15, 0.2) is 12.4 Å². The third kappa shape index (κ3) is 1.20. The minimum absolute atomic E-state index is 0.118. The second-order valence-electron chi connectivity index (χ2n) is 2.83. The molecular formula is C8H8N4O2. The molecule has 2 heterocycles. The Morgan fingerprint density at radius 2 is 2.43 bits per heavy atom. The molecule has 0 bridgehead atoms. The van der Waals surface area contributed by atoms with Gasteiger partial charge in [-0.2, -0.15) is 0 Å². The molecule has 0 atom stereocenters. The Kier molecular flexibility index (Phi) is 1.88. The zero-order valence-corrected chi connectivity index (χ0v) is 7.51. The highest BCUT2D eigenvalue weighted by Crippen LogP contribution is 2.06. The van der Waals surface area contributed by atoms with E-state index in [4.69, 9.17) is 5.11 Å². The van der Waals surface area contributed by atoms with Crippen LogP contribution in [0, 0.1) is 0 Å². The average molecular weight is 192 g/mol. The van der Waals surface area contributed by atoms with Gasteiger partial charge in [0.2, 0.25) is 5.69 Å². The van der Waals surface area contributed by atoms with E-state index >= 15 is 0 Å². The fourth-order valence-electron chi connectivity index (χ4n) is 1.15. The number of hydrogen-bond donors (Lipinski definition) is 1. The molecule has 6 heteroatoms. The van der Waals surface area contributed by atoms with Crippen LogP contribution in [0.2, 0.25) is 0 Å². The van der Waals surface area contributed by atoms with E-state index in [1.54, 1.807) is 12.4 Å². The summed E-state index contributed by atoms with van der Waals surface area (Å²) in [5.41, 5.74) is 1.14. The molecule has 14 heavy (non-hydrogen) atoms. The van der Waals surface area contributed by atoms with Crippen LogP contribution in [0.4, 0.5) is 0 Å². The summed E-state index contributed by atoms with van der Waals surface area (Å²) in [6.07, 6.45) is 4.18. The Balaban J connectivity index is 2.65. The minimum atomic E-state index is -1.11. The lowest BCUT2D eigenvalue weighted by Gasteiger charge is -1.95. The molecular weight excluding hydrogens is 184 g/mol. The van der Waals surface area contributed by atoms with Gasteiger partial charge in [-0.1, -0.05) is 12.1 Å². The van der Waals surface area contributed by atoms with E-state index in [0.29, 0.717) is 0 Å². The zero-order valence-electron chi connectivity index (χ0n) is 7.51. The highest BCUT2D eigenvalue weighted by molar-refractivity contribution is 5.91. The maximum Gasteiger partial charge on any atom is 0.360 e. The van der Waals surface area contributed by atoms with Crippen LogP contribution in [0.5, 0.6) is 0 Å². The molecule has 0 fully saturated rings. The normalized spacial score (nSPS) is 10.6. The molecule has 0 saturated carbocycles. The summed E-state index contributed by atoms with van der Waals surface area (Å²) in [7, 11) is 0. The zero-order chi connectivity index (χ0) is 10.1. The van der Waals surface area contributed by atoms with E-state index in [2.05, 4.69) is 15.3 Å². The van der Waals surface area contributed by atoms with Crippen LogP contribution < -0.4 is 0 Å². The smallest absolute Gasteiger partial charge is 0.360 e. The van der Waals surface area contributed by atoms with Gasteiger partial charge in [0, 0.05) is 12.4 Å². The fourth-order valence-corrected chi connectivity index (χ4v) is 1.15. The molecule has 6 nitrogen and oxygen atoms in total. The van der Waals surface area contributed by atoms with Crippen molar-refractivity contribution in [2.75, 3.05) is 0 Å². The maximum atomic E-state index is 10.7. The first kappa shape index (κ1) is 8.61. The predicted octanol–water partition coefficient (Wildman–Crippen LogP) is 0.385. The summed E-state index contributed by atoms with van der Waals surface area (Å²) in [5.74, 6) is -1.11. The molecule has 2 aromatic heterocycles. The number of carboxylic acids is 1. The molecule has 0 saturated heterocycles. The van der Waals surface area contributed by atoms with Crippen LogP contribution in [0.25, 0.3) is 5.65 Å². The summed E-state index contributed by atoms with van der Waals surface area (Å²) in [6.45, 7) is 1.98. The number of aromatic nitrogens is 4. The van der Waals surface area contributed by atoms with Crippen molar-refractivity contribution in [3.63, 3.8) is 0 Å². The molecule has 2 aromatic rings. The summed E-state index contributed by atoms with van der Waals surface area (Å²) >= 11 is 0. The van der Waals surface area contributed by atoms with E-state index in [0.717, 1.165) is 12.0 Å². The lowest BCUT2D eigenvalue weighted by molar-refractivity contribution is 0.0692. The minimum Gasteiger partial charge on any atom is -0.476 e. The van der Waals surface area contributed by atoms with Gasteiger partial charge < -0.3 is 5.11 Å². The van der Waals surface area contributed by atoms with Gasteiger partial charge >= 0.3 is 5.97 Å². The van der Waals surface area contributed by atoms with Crippen molar-refractivity contribution in [3.05, 3.63) is 23.7 Å². The third-order valence-electron chi connectivity index (χ3n) is 1.92. The topological polar surface area (TPSA) is 80.4 Å². The van der Waals surface area contributed by atoms with Crippen molar-refractivity contribution in [2.45, 2.75) is 13.3 Å². The monoisotopic (exact) mass is 192 g/mol. The number of nitrogens with zero attached hydrogens (tertiary/aromatic N) is 4.